The van der Waals surface area contributed by atoms with E-state index in [1.165, 1.54) is 25.1 Å². The van der Waals surface area contributed by atoms with Crippen LogP contribution in [0.5, 0.6) is 0 Å². The van der Waals surface area contributed by atoms with E-state index in [4.69, 9.17) is 0 Å². The van der Waals surface area contributed by atoms with Gasteiger partial charge >= 0.3 is 12.1 Å². The predicted octanol–water partition coefficient (Wildman–Crippen LogP) is 0.887. The van der Waals surface area contributed by atoms with E-state index < -0.39 is 54.1 Å². The molecule has 3 atom stereocenters. The van der Waals surface area contributed by atoms with Crippen LogP contribution in [0.15, 0.2) is 24.3 Å². The van der Waals surface area contributed by atoms with Crippen LogP contribution in [-0.4, -0.2) is 59.6 Å². The van der Waals surface area contributed by atoms with E-state index in [2.05, 4.69) is 10.1 Å². The number of benzene rings is 1. The van der Waals surface area contributed by atoms with Crippen molar-refractivity contribution in [2.75, 3.05) is 13.7 Å². The van der Waals surface area contributed by atoms with Crippen LogP contribution in [0.2, 0.25) is 0 Å². The molecular formula is C18H21F3N2O5. The maximum Gasteiger partial charge on any atom is 0.416 e. The van der Waals surface area contributed by atoms with Crippen molar-refractivity contribution >= 4 is 17.8 Å². The molecule has 1 heterocycles. The van der Waals surface area contributed by atoms with Gasteiger partial charge in [0, 0.05) is 26.3 Å². The predicted molar refractivity (Wildman–Crippen MR) is 90.9 cm³/mol. The number of halogens is 3. The van der Waals surface area contributed by atoms with Crippen molar-refractivity contribution in [2.24, 2.45) is 0 Å². The number of likely N-dealkylation sites (tertiary alicyclic amines) is 1. The monoisotopic (exact) mass is 402 g/mol. The van der Waals surface area contributed by atoms with E-state index in [1.807, 2.05) is 0 Å². The number of nitrogens with one attached hydrogen (secondary N) is 1. The number of hydrogen-bond acceptors (Lipinski definition) is 5. The molecule has 2 N–H and O–H groups in total. The van der Waals surface area contributed by atoms with Gasteiger partial charge in [-0.05, 0) is 11.6 Å². The van der Waals surface area contributed by atoms with Gasteiger partial charge in [0.25, 0.3) is 0 Å². The number of carbonyl (C=O) groups is 3. The lowest BCUT2D eigenvalue weighted by molar-refractivity contribution is -0.146. The summed E-state index contributed by atoms with van der Waals surface area (Å²) < 4.78 is 44.2. The summed E-state index contributed by atoms with van der Waals surface area (Å²) in [5.74, 6) is -2.10. The quantitative estimate of drug-likeness (QED) is 0.714. The first-order valence-corrected chi connectivity index (χ1v) is 8.53. The molecule has 10 heteroatoms. The number of aliphatic hydroxyl groups is 1. The summed E-state index contributed by atoms with van der Waals surface area (Å²) in [5, 5.41) is 12.1. The van der Waals surface area contributed by atoms with Gasteiger partial charge in [0.2, 0.25) is 11.8 Å². The minimum atomic E-state index is -4.62. The average molecular weight is 402 g/mol. The first-order chi connectivity index (χ1) is 13.0. The largest absolute Gasteiger partial charge is 0.467 e. The molecule has 154 valence electrons. The lowest BCUT2D eigenvalue weighted by atomic mass is 9.99. The van der Waals surface area contributed by atoms with Gasteiger partial charge in [0.05, 0.1) is 18.8 Å². The van der Waals surface area contributed by atoms with E-state index in [1.54, 1.807) is 0 Å². The zero-order valence-corrected chi connectivity index (χ0v) is 15.3. The molecular weight excluding hydrogens is 381 g/mol. The first kappa shape index (κ1) is 21.7. The molecule has 0 bridgehead atoms. The fourth-order valence-electron chi connectivity index (χ4n) is 3.21. The average Bonchev–Trinajstić information content (AvgIpc) is 3.02. The van der Waals surface area contributed by atoms with Gasteiger partial charge in [0.1, 0.15) is 12.1 Å². The number of nitrogens with zero attached hydrogens (tertiary/aromatic N) is 1. The summed E-state index contributed by atoms with van der Waals surface area (Å²) in [6, 6.07) is 2.32. The van der Waals surface area contributed by atoms with Gasteiger partial charge < -0.3 is 20.1 Å². The SMILES string of the molecule is COC(=O)[C@H](Cc1ccccc1C(F)(F)F)NC(=O)[C@@H]1C[C@@H](O)CN1C(C)=O. The Hall–Kier alpha value is -2.62. The Morgan fingerprint density at radius 1 is 1.32 bits per heavy atom. The van der Waals surface area contributed by atoms with Crippen LogP contribution in [0.3, 0.4) is 0 Å². The highest BCUT2D eigenvalue weighted by molar-refractivity contribution is 5.91. The molecule has 1 aromatic carbocycles. The molecule has 2 amide bonds. The smallest absolute Gasteiger partial charge is 0.416 e. The van der Waals surface area contributed by atoms with Gasteiger partial charge in [-0.15, -0.1) is 0 Å². The first-order valence-electron chi connectivity index (χ1n) is 8.53. The number of aliphatic hydroxyl groups excluding tert-OH is 1. The Labute approximate surface area is 159 Å². The zero-order chi connectivity index (χ0) is 21.1. The van der Waals surface area contributed by atoms with Gasteiger partial charge in [0.15, 0.2) is 0 Å². The topological polar surface area (TPSA) is 95.9 Å². The van der Waals surface area contributed by atoms with Crippen molar-refractivity contribution in [3.05, 3.63) is 35.4 Å². The molecule has 1 aromatic rings. The third-order valence-corrected chi connectivity index (χ3v) is 4.54. The molecule has 1 aliphatic heterocycles. The number of β-amino-alcohol motifs (C(OH)–C–C–N with tert-alkyl or cyclic N) is 1. The molecule has 7 nitrogen and oxygen atoms in total. The van der Waals surface area contributed by atoms with Crippen molar-refractivity contribution in [1.29, 1.82) is 0 Å². The van der Waals surface area contributed by atoms with E-state index >= 15 is 0 Å². The van der Waals surface area contributed by atoms with E-state index in [0.717, 1.165) is 18.1 Å². The third kappa shape index (κ3) is 5.00. The molecule has 0 aliphatic carbocycles. The van der Waals surface area contributed by atoms with Crippen LogP contribution in [-0.2, 0) is 31.7 Å². The molecule has 28 heavy (non-hydrogen) atoms. The molecule has 0 radical (unpaired) electrons. The molecule has 0 saturated carbocycles. The molecule has 2 rings (SSSR count). The fourth-order valence-corrected chi connectivity index (χ4v) is 3.21. The summed E-state index contributed by atoms with van der Waals surface area (Å²) in [6.07, 6.45) is -5.99. The zero-order valence-electron chi connectivity index (χ0n) is 15.3. The minimum absolute atomic E-state index is 0.0293. The number of methoxy groups -OCH3 is 1. The number of alkyl halides is 3. The fraction of sp³-hybridized carbons (Fsp3) is 0.500. The number of hydrogen-bond donors (Lipinski definition) is 2. The van der Waals surface area contributed by atoms with E-state index in [9.17, 15) is 32.7 Å². The summed E-state index contributed by atoms with van der Waals surface area (Å²) in [7, 11) is 1.05. The van der Waals surface area contributed by atoms with Gasteiger partial charge in [-0.25, -0.2) is 4.79 Å². The van der Waals surface area contributed by atoms with Crippen molar-refractivity contribution in [1.82, 2.24) is 10.2 Å². The van der Waals surface area contributed by atoms with Crippen molar-refractivity contribution in [2.45, 2.75) is 44.1 Å². The highest BCUT2D eigenvalue weighted by Gasteiger charge is 2.39. The Kier molecular flexibility index (Phi) is 6.65. The van der Waals surface area contributed by atoms with Crippen LogP contribution in [0.4, 0.5) is 13.2 Å². The lowest BCUT2D eigenvalue weighted by Gasteiger charge is -2.25. The normalized spacial score (nSPS) is 20.6. The Balaban J connectivity index is 2.23. The Morgan fingerprint density at radius 3 is 2.54 bits per heavy atom. The van der Waals surface area contributed by atoms with Gasteiger partial charge in [-0.1, -0.05) is 18.2 Å². The molecule has 1 fully saturated rings. The van der Waals surface area contributed by atoms with Crippen molar-refractivity contribution in [3.8, 4) is 0 Å². The highest BCUT2D eigenvalue weighted by atomic mass is 19.4. The Bertz CT molecular complexity index is 753. The number of esters is 1. The minimum Gasteiger partial charge on any atom is -0.467 e. The number of ether oxygens (including phenoxy) is 1. The standard InChI is InChI=1S/C18H21F3N2O5/c1-10(24)23-9-12(25)8-15(23)16(26)22-14(17(27)28-2)7-11-5-3-4-6-13(11)18(19,20)21/h3-6,12,14-15,25H,7-9H2,1-2H3,(H,22,26)/t12-,14+,15+/m1/s1. The summed E-state index contributed by atoms with van der Waals surface area (Å²) >= 11 is 0. The van der Waals surface area contributed by atoms with Crippen LogP contribution in [0, 0.1) is 0 Å². The second kappa shape index (κ2) is 8.59. The Morgan fingerprint density at radius 2 is 1.96 bits per heavy atom. The molecule has 0 spiro atoms. The summed E-state index contributed by atoms with van der Waals surface area (Å²) in [4.78, 5) is 37.4. The van der Waals surface area contributed by atoms with Gasteiger partial charge in [-0.2, -0.15) is 13.2 Å². The van der Waals surface area contributed by atoms with Gasteiger partial charge in [-0.3, -0.25) is 9.59 Å². The van der Waals surface area contributed by atoms with Crippen molar-refractivity contribution < 1.29 is 37.4 Å². The second-order valence-electron chi connectivity index (χ2n) is 6.52. The number of rotatable bonds is 5. The lowest BCUT2D eigenvalue weighted by Crippen LogP contribution is -2.51. The van der Waals surface area contributed by atoms with E-state index in [-0.39, 0.29) is 18.5 Å². The van der Waals surface area contributed by atoms with Crippen LogP contribution >= 0.6 is 0 Å². The molecule has 1 aliphatic rings. The summed E-state index contributed by atoms with van der Waals surface area (Å²) in [6.45, 7) is 1.20. The molecule has 0 unspecified atom stereocenters. The van der Waals surface area contributed by atoms with Crippen molar-refractivity contribution in [3.63, 3.8) is 0 Å². The highest BCUT2D eigenvalue weighted by Crippen LogP contribution is 2.32. The molecule has 0 aromatic heterocycles. The number of carbonyl (C=O) groups excluding carboxylic acids is 3. The third-order valence-electron chi connectivity index (χ3n) is 4.54. The maximum atomic E-state index is 13.2. The summed E-state index contributed by atoms with van der Waals surface area (Å²) in [5.41, 5.74) is -1.10. The second-order valence-corrected chi connectivity index (χ2v) is 6.52. The molecule has 1 saturated heterocycles. The van der Waals surface area contributed by atoms with Crippen LogP contribution in [0.25, 0.3) is 0 Å². The van der Waals surface area contributed by atoms with Crippen LogP contribution < -0.4 is 5.32 Å². The number of amides is 2. The van der Waals surface area contributed by atoms with Crippen LogP contribution in [0.1, 0.15) is 24.5 Å². The maximum absolute atomic E-state index is 13.2. The van der Waals surface area contributed by atoms with E-state index in [0.29, 0.717) is 0 Å².